The number of carbonyl (C=O) groups excluding carboxylic acids is 1. The van der Waals surface area contributed by atoms with E-state index in [9.17, 15) is 4.79 Å². The summed E-state index contributed by atoms with van der Waals surface area (Å²) in [5, 5.41) is 2.84. The van der Waals surface area contributed by atoms with Crippen LogP contribution in [0.25, 0.3) is 5.69 Å². The maximum absolute atomic E-state index is 12.0. The van der Waals surface area contributed by atoms with Crippen molar-refractivity contribution in [3.8, 4) is 17.2 Å². The lowest BCUT2D eigenvalue weighted by atomic mass is 10.2. The number of hydrogen-bond acceptors (Lipinski definition) is 4. The van der Waals surface area contributed by atoms with Gasteiger partial charge in [0.1, 0.15) is 0 Å². The Bertz CT molecular complexity index is 814. The number of aromatic nitrogens is 2. The number of nitrogens with zero attached hydrogens (tertiary/aromatic N) is 2. The Morgan fingerprint density at radius 3 is 2.56 bits per heavy atom. The van der Waals surface area contributed by atoms with Gasteiger partial charge in [-0.1, -0.05) is 24.3 Å². The molecule has 128 valence electrons. The molecule has 6 heteroatoms. The van der Waals surface area contributed by atoms with Crippen LogP contribution in [0.4, 0.5) is 0 Å². The number of ether oxygens (including phenoxy) is 2. The zero-order valence-corrected chi connectivity index (χ0v) is 13.9. The molecule has 0 bridgehead atoms. The highest BCUT2D eigenvalue weighted by molar-refractivity contribution is 5.77. The topological polar surface area (TPSA) is 65.4 Å². The van der Waals surface area contributed by atoms with Crippen LogP contribution in [0, 0.1) is 0 Å². The predicted octanol–water partition coefficient (Wildman–Crippen LogP) is 2.58. The van der Waals surface area contributed by atoms with Gasteiger partial charge in [-0.25, -0.2) is 4.98 Å². The van der Waals surface area contributed by atoms with E-state index in [4.69, 9.17) is 9.47 Å². The molecule has 6 nitrogen and oxygen atoms in total. The highest BCUT2D eigenvalue weighted by Gasteiger charge is 2.07. The van der Waals surface area contributed by atoms with Crippen LogP contribution in [-0.2, 0) is 11.3 Å². The summed E-state index contributed by atoms with van der Waals surface area (Å²) < 4.78 is 12.6. The average Bonchev–Trinajstić information content (AvgIpc) is 3.20. The van der Waals surface area contributed by atoms with Crippen molar-refractivity contribution in [2.75, 3.05) is 13.7 Å². The van der Waals surface area contributed by atoms with Gasteiger partial charge in [0, 0.05) is 24.6 Å². The summed E-state index contributed by atoms with van der Waals surface area (Å²) in [5.74, 6) is 0.958. The van der Waals surface area contributed by atoms with Crippen molar-refractivity contribution in [3.63, 3.8) is 0 Å². The largest absolute Gasteiger partial charge is 0.493 e. The van der Waals surface area contributed by atoms with Crippen molar-refractivity contribution in [2.24, 2.45) is 0 Å². The van der Waals surface area contributed by atoms with Gasteiger partial charge in [0.05, 0.1) is 13.4 Å². The van der Waals surface area contributed by atoms with Crippen LogP contribution in [0.5, 0.6) is 11.5 Å². The monoisotopic (exact) mass is 337 g/mol. The molecule has 0 spiro atoms. The molecule has 0 unspecified atom stereocenters. The summed E-state index contributed by atoms with van der Waals surface area (Å²) in [6, 6.07) is 15.1. The summed E-state index contributed by atoms with van der Waals surface area (Å²) in [7, 11) is 1.57. The van der Waals surface area contributed by atoms with Gasteiger partial charge in [0.15, 0.2) is 18.1 Å². The maximum Gasteiger partial charge on any atom is 0.258 e. The van der Waals surface area contributed by atoms with E-state index in [-0.39, 0.29) is 12.5 Å². The fourth-order valence-corrected chi connectivity index (χ4v) is 2.33. The fourth-order valence-electron chi connectivity index (χ4n) is 2.33. The van der Waals surface area contributed by atoms with Crippen LogP contribution in [-0.4, -0.2) is 29.2 Å². The normalized spacial score (nSPS) is 10.3. The van der Waals surface area contributed by atoms with Crippen LogP contribution in [0.1, 0.15) is 5.56 Å². The van der Waals surface area contributed by atoms with Crippen molar-refractivity contribution >= 4 is 5.91 Å². The molecule has 25 heavy (non-hydrogen) atoms. The first-order valence-electron chi connectivity index (χ1n) is 7.86. The Balaban J connectivity index is 1.49. The summed E-state index contributed by atoms with van der Waals surface area (Å²) in [5.41, 5.74) is 2.03. The molecule has 1 heterocycles. The van der Waals surface area contributed by atoms with Gasteiger partial charge in [-0.3, -0.25) is 4.79 Å². The third-order valence-electron chi connectivity index (χ3n) is 3.66. The molecule has 0 radical (unpaired) electrons. The van der Waals surface area contributed by atoms with Crippen LogP contribution < -0.4 is 14.8 Å². The highest BCUT2D eigenvalue weighted by Crippen LogP contribution is 2.25. The summed E-state index contributed by atoms with van der Waals surface area (Å²) in [4.78, 5) is 16.0. The van der Waals surface area contributed by atoms with Gasteiger partial charge < -0.3 is 19.4 Å². The molecule has 0 aliphatic carbocycles. The fraction of sp³-hybridized carbons (Fsp3) is 0.158. The molecule has 0 aliphatic heterocycles. The number of amides is 1. The second kappa shape index (κ2) is 8.01. The number of hydrogen-bond donors (Lipinski definition) is 1. The molecule has 0 fully saturated rings. The molecule has 2 aromatic carbocycles. The molecular formula is C19H19N3O3. The number of benzene rings is 2. The maximum atomic E-state index is 12.0. The Kier molecular flexibility index (Phi) is 5.31. The highest BCUT2D eigenvalue weighted by atomic mass is 16.5. The van der Waals surface area contributed by atoms with Crippen LogP contribution >= 0.6 is 0 Å². The van der Waals surface area contributed by atoms with E-state index in [0.29, 0.717) is 18.0 Å². The minimum atomic E-state index is -0.190. The van der Waals surface area contributed by atoms with E-state index in [1.165, 1.54) is 0 Å². The summed E-state index contributed by atoms with van der Waals surface area (Å²) >= 11 is 0. The predicted molar refractivity (Wildman–Crippen MR) is 93.9 cm³/mol. The Morgan fingerprint density at radius 1 is 1.12 bits per heavy atom. The third kappa shape index (κ3) is 4.38. The van der Waals surface area contributed by atoms with E-state index >= 15 is 0 Å². The van der Waals surface area contributed by atoms with Gasteiger partial charge in [0.25, 0.3) is 5.91 Å². The molecule has 0 aliphatic rings. The standard InChI is InChI=1S/C19H19N3O3/c1-24-17-4-2-3-5-18(17)25-13-19(23)21-12-15-6-8-16(9-7-15)22-11-10-20-14-22/h2-11,14H,12-13H2,1H3,(H,21,23). The van der Waals surface area contributed by atoms with Crippen LogP contribution in [0.15, 0.2) is 67.3 Å². The lowest BCUT2D eigenvalue weighted by molar-refractivity contribution is -0.123. The minimum absolute atomic E-state index is 0.0620. The zero-order chi connectivity index (χ0) is 17.5. The SMILES string of the molecule is COc1ccccc1OCC(=O)NCc1ccc(-n2ccnc2)cc1. The van der Waals surface area contributed by atoms with E-state index in [2.05, 4.69) is 10.3 Å². The van der Waals surface area contributed by atoms with Crippen LogP contribution in [0.3, 0.4) is 0 Å². The first-order chi connectivity index (χ1) is 12.3. The molecule has 1 aromatic heterocycles. The summed E-state index contributed by atoms with van der Waals surface area (Å²) in [6.07, 6.45) is 5.35. The molecule has 3 aromatic rings. The number of rotatable bonds is 7. The number of methoxy groups -OCH3 is 1. The zero-order valence-electron chi connectivity index (χ0n) is 13.9. The lowest BCUT2D eigenvalue weighted by Gasteiger charge is -2.11. The average molecular weight is 337 g/mol. The van der Waals surface area contributed by atoms with Gasteiger partial charge in [-0.05, 0) is 29.8 Å². The second-order valence-electron chi connectivity index (χ2n) is 5.35. The molecule has 1 amide bonds. The van der Waals surface area contributed by atoms with Gasteiger partial charge in [0.2, 0.25) is 0 Å². The lowest BCUT2D eigenvalue weighted by Crippen LogP contribution is -2.28. The van der Waals surface area contributed by atoms with Crippen molar-refractivity contribution in [3.05, 3.63) is 72.8 Å². The van der Waals surface area contributed by atoms with Crippen molar-refractivity contribution in [1.82, 2.24) is 14.9 Å². The van der Waals surface area contributed by atoms with Crippen LogP contribution in [0.2, 0.25) is 0 Å². The van der Waals surface area contributed by atoms with Crippen molar-refractivity contribution < 1.29 is 14.3 Å². The number of carbonyl (C=O) groups is 1. The first kappa shape index (κ1) is 16.6. The van der Waals surface area contributed by atoms with E-state index in [0.717, 1.165) is 11.3 Å². The van der Waals surface area contributed by atoms with Gasteiger partial charge >= 0.3 is 0 Å². The van der Waals surface area contributed by atoms with Crippen molar-refractivity contribution in [2.45, 2.75) is 6.54 Å². The van der Waals surface area contributed by atoms with E-state index in [1.807, 2.05) is 47.2 Å². The number of imidazole rings is 1. The number of para-hydroxylation sites is 2. The molecule has 0 saturated carbocycles. The van der Waals surface area contributed by atoms with E-state index < -0.39 is 0 Å². The molecular weight excluding hydrogens is 318 g/mol. The second-order valence-corrected chi connectivity index (χ2v) is 5.35. The Hall–Kier alpha value is -3.28. The summed E-state index contributed by atoms with van der Waals surface area (Å²) in [6.45, 7) is 0.381. The minimum Gasteiger partial charge on any atom is -0.493 e. The van der Waals surface area contributed by atoms with Gasteiger partial charge in [-0.2, -0.15) is 0 Å². The Morgan fingerprint density at radius 2 is 1.88 bits per heavy atom. The third-order valence-corrected chi connectivity index (χ3v) is 3.66. The molecule has 3 rings (SSSR count). The first-order valence-corrected chi connectivity index (χ1v) is 7.86. The van der Waals surface area contributed by atoms with E-state index in [1.54, 1.807) is 31.8 Å². The van der Waals surface area contributed by atoms with Gasteiger partial charge in [-0.15, -0.1) is 0 Å². The molecule has 1 N–H and O–H groups in total. The molecule has 0 saturated heterocycles. The van der Waals surface area contributed by atoms with Crippen molar-refractivity contribution in [1.29, 1.82) is 0 Å². The quantitative estimate of drug-likeness (QED) is 0.720. The smallest absolute Gasteiger partial charge is 0.258 e. The molecule has 0 atom stereocenters. The number of nitrogens with one attached hydrogen (secondary N) is 1. The Labute approximate surface area is 146 Å².